The highest BCUT2D eigenvalue weighted by Crippen LogP contribution is 2.31. The molecule has 0 saturated carbocycles. The predicted molar refractivity (Wildman–Crippen MR) is 74.1 cm³/mol. The van der Waals surface area contributed by atoms with Gasteiger partial charge in [-0.3, -0.25) is 0 Å². The Morgan fingerprint density at radius 2 is 2.10 bits per heavy atom. The molecule has 2 rings (SSSR count). The van der Waals surface area contributed by atoms with Gasteiger partial charge in [0.15, 0.2) is 0 Å². The minimum atomic E-state index is -1.12. The number of carboxylic acid groups (broad SMARTS) is 1. The molecule has 1 aromatic carbocycles. The lowest BCUT2D eigenvalue weighted by Crippen LogP contribution is -2.33. The molecule has 1 aliphatic heterocycles. The smallest absolute Gasteiger partial charge is 0.338 e. The molecular formula is C15H19NO4. The molecule has 2 atom stereocenters. The lowest BCUT2D eigenvalue weighted by Gasteiger charge is -2.30. The summed E-state index contributed by atoms with van der Waals surface area (Å²) in [4.78, 5) is 22.9. The summed E-state index contributed by atoms with van der Waals surface area (Å²) >= 11 is 0. The van der Waals surface area contributed by atoms with Gasteiger partial charge in [-0.25, -0.2) is 9.59 Å². The van der Waals surface area contributed by atoms with Gasteiger partial charge in [-0.1, -0.05) is 13.0 Å². The zero-order valence-electron chi connectivity index (χ0n) is 11.7. The topological polar surface area (TPSA) is 75.6 Å². The first-order valence-corrected chi connectivity index (χ1v) is 6.71. The number of hydrogen-bond acceptors (Lipinski definition) is 4. The molecule has 2 unspecified atom stereocenters. The molecule has 108 valence electrons. The Hall–Kier alpha value is -1.88. The molecule has 1 heterocycles. The third-order valence-electron chi connectivity index (χ3n) is 3.89. The van der Waals surface area contributed by atoms with E-state index in [2.05, 4.69) is 17.0 Å². The third kappa shape index (κ3) is 2.82. The van der Waals surface area contributed by atoms with Crippen molar-refractivity contribution in [2.45, 2.75) is 19.3 Å². The van der Waals surface area contributed by atoms with Gasteiger partial charge in [-0.05, 0) is 49.0 Å². The number of hydrogen-bond donors (Lipinski definition) is 2. The molecule has 1 aromatic rings. The van der Waals surface area contributed by atoms with Crippen molar-refractivity contribution >= 4 is 11.9 Å². The first-order valence-electron chi connectivity index (χ1n) is 6.71. The molecule has 1 aliphatic rings. The first kappa shape index (κ1) is 14.5. The van der Waals surface area contributed by atoms with E-state index in [1.165, 1.54) is 13.2 Å². The van der Waals surface area contributed by atoms with Crippen LogP contribution in [0.15, 0.2) is 18.2 Å². The molecule has 5 heteroatoms. The second-order valence-corrected chi connectivity index (χ2v) is 5.18. The number of carboxylic acids is 1. The van der Waals surface area contributed by atoms with Gasteiger partial charge in [-0.2, -0.15) is 0 Å². The molecule has 0 bridgehead atoms. The zero-order chi connectivity index (χ0) is 14.7. The van der Waals surface area contributed by atoms with Crippen molar-refractivity contribution in [3.05, 3.63) is 34.9 Å². The number of rotatable bonds is 3. The highest BCUT2D eigenvalue weighted by Gasteiger charge is 2.25. The second-order valence-electron chi connectivity index (χ2n) is 5.18. The van der Waals surface area contributed by atoms with Gasteiger partial charge in [0.2, 0.25) is 0 Å². The fourth-order valence-corrected chi connectivity index (χ4v) is 2.77. The van der Waals surface area contributed by atoms with Gasteiger partial charge in [0.25, 0.3) is 0 Å². The van der Waals surface area contributed by atoms with E-state index in [0.717, 1.165) is 25.1 Å². The maximum absolute atomic E-state index is 11.8. The molecule has 0 spiro atoms. The van der Waals surface area contributed by atoms with Crippen molar-refractivity contribution in [2.24, 2.45) is 5.92 Å². The highest BCUT2D eigenvalue weighted by atomic mass is 16.5. The van der Waals surface area contributed by atoms with Gasteiger partial charge in [0, 0.05) is 0 Å². The standard InChI is InChI=1S/C15H19NO4/c1-9-8-16-6-5-11(9)10-3-4-12(14(17)18)13(7-10)15(19)20-2/h3-4,7,9,11,16H,5-6,8H2,1-2H3,(H,17,18). The Labute approximate surface area is 117 Å². The average Bonchev–Trinajstić information content (AvgIpc) is 2.46. The minimum absolute atomic E-state index is 0.0119. The number of esters is 1. The molecule has 0 radical (unpaired) electrons. The maximum Gasteiger partial charge on any atom is 0.338 e. The Bertz CT molecular complexity index is 527. The van der Waals surface area contributed by atoms with Gasteiger partial charge >= 0.3 is 11.9 Å². The van der Waals surface area contributed by atoms with E-state index in [1.54, 1.807) is 6.07 Å². The van der Waals surface area contributed by atoms with Crippen molar-refractivity contribution < 1.29 is 19.4 Å². The molecule has 5 nitrogen and oxygen atoms in total. The molecular weight excluding hydrogens is 258 g/mol. The average molecular weight is 277 g/mol. The predicted octanol–water partition coefficient (Wildman–Crippen LogP) is 1.88. The van der Waals surface area contributed by atoms with Crippen LogP contribution in [0.2, 0.25) is 0 Å². The Morgan fingerprint density at radius 1 is 1.35 bits per heavy atom. The van der Waals surface area contributed by atoms with Crippen molar-refractivity contribution in [2.75, 3.05) is 20.2 Å². The van der Waals surface area contributed by atoms with Crippen molar-refractivity contribution in [1.29, 1.82) is 0 Å². The van der Waals surface area contributed by atoms with Gasteiger partial charge in [0.05, 0.1) is 18.2 Å². The number of aromatic carboxylic acids is 1. The molecule has 1 saturated heterocycles. The van der Waals surface area contributed by atoms with E-state index in [0.29, 0.717) is 11.8 Å². The SMILES string of the molecule is COC(=O)c1cc(C2CCNCC2C)ccc1C(=O)O. The summed E-state index contributed by atoms with van der Waals surface area (Å²) in [5, 5.41) is 12.5. The number of nitrogens with one attached hydrogen (secondary N) is 1. The van der Waals surface area contributed by atoms with E-state index in [1.807, 2.05) is 6.07 Å². The summed E-state index contributed by atoms with van der Waals surface area (Å²) in [6.45, 7) is 4.02. The first-order chi connectivity index (χ1) is 9.54. The number of methoxy groups -OCH3 is 1. The second kappa shape index (κ2) is 6.05. The van der Waals surface area contributed by atoms with Crippen LogP contribution in [-0.4, -0.2) is 37.2 Å². The molecule has 1 fully saturated rings. The largest absolute Gasteiger partial charge is 0.478 e. The zero-order valence-corrected chi connectivity index (χ0v) is 11.7. The van der Waals surface area contributed by atoms with E-state index in [4.69, 9.17) is 5.11 Å². The van der Waals surface area contributed by atoms with Gasteiger partial charge in [-0.15, -0.1) is 0 Å². The third-order valence-corrected chi connectivity index (χ3v) is 3.89. The van der Waals surface area contributed by atoms with Crippen LogP contribution in [0.1, 0.15) is 45.5 Å². The molecule has 20 heavy (non-hydrogen) atoms. The summed E-state index contributed by atoms with van der Waals surface area (Å²) in [7, 11) is 1.26. The molecule has 0 aliphatic carbocycles. The molecule has 0 aromatic heterocycles. The van der Waals surface area contributed by atoms with E-state index in [-0.39, 0.29) is 11.1 Å². The number of ether oxygens (including phenoxy) is 1. The van der Waals surface area contributed by atoms with E-state index >= 15 is 0 Å². The quantitative estimate of drug-likeness (QED) is 0.825. The lowest BCUT2D eigenvalue weighted by atomic mass is 9.81. The van der Waals surface area contributed by atoms with Crippen LogP contribution in [0, 0.1) is 5.92 Å². The minimum Gasteiger partial charge on any atom is -0.478 e. The van der Waals surface area contributed by atoms with Crippen LogP contribution in [0.3, 0.4) is 0 Å². The van der Waals surface area contributed by atoms with Gasteiger partial charge in [0.1, 0.15) is 0 Å². The van der Waals surface area contributed by atoms with Crippen LogP contribution < -0.4 is 5.32 Å². The van der Waals surface area contributed by atoms with Crippen LogP contribution in [0.25, 0.3) is 0 Å². The van der Waals surface area contributed by atoms with Crippen LogP contribution in [-0.2, 0) is 4.74 Å². The lowest BCUT2D eigenvalue weighted by molar-refractivity contribution is 0.0582. The number of carbonyl (C=O) groups is 2. The maximum atomic E-state index is 11.8. The normalized spacial score (nSPS) is 22.3. The summed E-state index contributed by atoms with van der Waals surface area (Å²) in [5.74, 6) is -0.937. The van der Waals surface area contributed by atoms with E-state index < -0.39 is 11.9 Å². The van der Waals surface area contributed by atoms with Crippen molar-refractivity contribution in [1.82, 2.24) is 5.32 Å². The molecule has 2 N–H and O–H groups in total. The summed E-state index contributed by atoms with van der Waals surface area (Å²) < 4.78 is 4.68. The number of piperidine rings is 1. The van der Waals surface area contributed by atoms with Crippen LogP contribution >= 0.6 is 0 Å². The van der Waals surface area contributed by atoms with Gasteiger partial charge < -0.3 is 15.2 Å². The van der Waals surface area contributed by atoms with Crippen LogP contribution in [0.5, 0.6) is 0 Å². The fourth-order valence-electron chi connectivity index (χ4n) is 2.77. The summed E-state index contributed by atoms with van der Waals surface area (Å²) in [5.41, 5.74) is 1.12. The Balaban J connectivity index is 2.41. The van der Waals surface area contributed by atoms with Crippen molar-refractivity contribution in [3.8, 4) is 0 Å². The van der Waals surface area contributed by atoms with E-state index in [9.17, 15) is 9.59 Å². The Morgan fingerprint density at radius 3 is 2.70 bits per heavy atom. The molecule has 0 amide bonds. The highest BCUT2D eigenvalue weighted by molar-refractivity contribution is 6.02. The number of benzene rings is 1. The van der Waals surface area contributed by atoms with Crippen LogP contribution in [0.4, 0.5) is 0 Å². The summed E-state index contributed by atoms with van der Waals surface area (Å²) in [6.07, 6.45) is 0.980. The monoisotopic (exact) mass is 277 g/mol. The fraction of sp³-hybridized carbons (Fsp3) is 0.467. The number of carbonyl (C=O) groups excluding carboxylic acids is 1. The van der Waals surface area contributed by atoms with Crippen molar-refractivity contribution in [3.63, 3.8) is 0 Å². The summed E-state index contributed by atoms with van der Waals surface area (Å²) in [6, 6.07) is 4.98. The Kier molecular flexibility index (Phi) is 4.39.